The molecule has 0 spiro atoms. The molecule has 2 N–H and O–H groups in total. The van der Waals surface area contributed by atoms with Gasteiger partial charge in [0.1, 0.15) is 16.4 Å². The Bertz CT molecular complexity index is 1590. The minimum atomic E-state index is -3.09. The van der Waals surface area contributed by atoms with Crippen LogP contribution in [0.4, 0.5) is 8.78 Å². The van der Waals surface area contributed by atoms with Crippen LogP contribution in [0.5, 0.6) is 0 Å². The SMILES string of the molecule is CC(N[SH](=O)=O)c1cc(-c2cn(C)c(=O)cc2[C@@H](N[S+]([O-])C(C)(C)C)C2CC2)cc(C(=O)c2ccc(F)cc2)c1F. The van der Waals surface area contributed by atoms with E-state index in [-0.39, 0.29) is 28.2 Å². The number of rotatable bonds is 10. The number of carbonyl (C=O) groups excluding carboxylic acids is 1. The fourth-order valence-corrected chi connectivity index (χ4v) is 5.90. The predicted octanol–water partition coefficient (Wildman–Crippen LogP) is 4.24. The van der Waals surface area contributed by atoms with Crippen LogP contribution in [0.25, 0.3) is 11.1 Å². The maximum absolute atomic E-state index is 15.9. The van der Waals surface area contributed by atoms with Gasteiger partial charge in [0, 0.05) is 53.4 Å². The van der Waals surface area contributed by atoms with Crippen molar-refractivity contribution in [1.29, 1.82) is 0 Å². The van der Waals surface area contributed by atoms with Crippen molar-refractivity contribution >= 4 is 28.0 Å². The van der Waals surface area contributed by atoms with Gasteiger partial charge in [-0.3, -0.25) is 9.59 Å². The molecule has 4 rings (SSSR count). The molecule has 220 valence electrons. The van der Waals surface area contributed by atoms with Crippen LogP contribution in [0, 0.1) is 17.6 Å². The molecule has 2 aromatic carbocycles. The number of nitrogens with one attached hydrogen (secondary N) is 2. The van der Waals surface area contributed by atoms with E-state index < -0.39 is 56.5 Å². The summed E-state index contributed by atoms with van der Waals surface area (Å²) < 4.78 is 71.6. The van der Waals surface area contributed by atoms with E-state index in [0.717, 1.165) is 25.0 Å². The molecule has 8 nitrogen and oxygen atoms in total. The number of carbonyl (C=O) groups is 1. The van der Waals surface area contributed by atoms with Crippen molar-refractivity contribution in [2.75, 3.05) is 0 Å². The molecule has 1 fully saturated rings. The van der Waals surface area contributed by atoms with Crippen molar-refractivity contribution in [1.82, 2.24) is 14.0 Å². The first kappa shape index (κ1) is 31.0. The molecule has 2 unspecified atom stereocenters. The maximum Gasteiger partial charge on any atom is 0.250 e. The first-order valence-corrected chi connectivity index (χ1v) is 15.4. The zero-order valence-corrected chi connectivity index (χ0v) is 25.1. The standard InChI is InChI=1S/C29H33F2N3O5S2/c1-16(32-41(38)39)21-12-19(13-23(26(21)31)28(36)18-8-10-20(30)11-9-18)24-15-34(5)25(35)14-22(24)27(17-6-7-17)33-40(37)29(2,3)4/h8-17,27,33,41H,6-7H2,1-5H3,(H,32,38,39)/t16?,27-,40?/m0/s1. The van der Waals surface area contributed by atoms with Crippen molar-refractivity contribution < 1.29 is 26.5 Å². The summed E-state index contributed by atoms with van der Waals surface area (Å²) in [6.45, 7) is 6.95. The summed E-state index contributed by atoms with van der Waals surface area (Å²) >= 11 is -1.47. The second-order valence-electron chi connectivity index (χ2n) is 11.3. The molecule has 1 saturated carbocycles. The first-order valence-electron chi connectivity index (χ1n) is 13.1. The topological polar surface area (TPSA) is 120 Å². The number of hydrogen-bond acceptors (Lipinski definition) is 6. The Kier molecular flexibility index (Phi) is 9.19. The fourth-order valence-electron chi connectivity index (χ4n) is 4.55. The summed E-state index contributed by atoms with van der Waals surface area (Å²) in [6, 6.07) is 7.42. The molecule has 0 saturated heterocycles. The smallest absolute Gasteiger partial charge is 0.250 e. The fraction of sp³-hybridized carbons (Fsp3) is 0.379. The van der Waals surface area contributed by atoms with Gasteiger partial charge in [-0.25, -0.2) is 21.9 Å². The predicted molar refractivity (Wildman–Crippen MR) is 155 cm³/mol. The Balaban J connectivity index is 1.95. The highest BCUT2D eigenvalue weighted by molar-refractivity contribution is 7.90. The highest BCUT2D eigenvalue weighted by Gasteiger charge is 2.40. The lowest BCUT2D eigenvalue weighted by atomic mass is 9.89. The molecule has 0 aliphatic heterocycles. The zero-order chi connectivity index (χ0) is 30.2. The molecule has 1 aliphatic rings. The highest BCUT2D eigenvalue weighted by Crippen LogP contribution is 2.45. The molecule has 12 heteroatoms. The minimum absolute atomic E-state index is 0.0442. The Labute approximate surface area is 242 Å². The number of aromatic nitrogens is 1. The molecular weight excluding hydrogens is 572 g/mol. The van der Waals surface area contributed by atoms with Gasteiger partial charge in [-0.2, -0.15) is 0 Å². The number of ketones is 1. The molecule has 1 aliphatic carbocycles. The van der Waals surface area contributed by atoms with Crippen LogP contribution in [0.15, 0.2) is 53.5 Å². The van der Waals surface area contributed by atoms with Crippen molar-refractivity contribution in [2.24, 2.45) is 13.0 Å². The van der Waals surface area contributed by atoms with Gasteiger partial charge in [-0.1, -0.05) is 0 Å². The number of benzene rings is 2. The molecule has 3 aromatic rings. The van der Waals surface area contributed by atoms with Crippen LogP contribution >= 0.6 is 0 Å². The molecule has 1 heterocycles. The summed E-state index contributed by atoms with van der Waals surface area (Å²) in [5.74, 6) is -2.09. The number of aryl methyl sites for hydroxylation is 1. The van der Waals surface area contributed by atoms with E-state index in [1.54, 1.807) is 13.2 Å². The van der Waals surface area contributed by atoms with E-state index in [4.69, 9.17) is 0 Å². The van der Waals surface area contributed by atoms with Crippen molar-refractivity contribution in [3.63, 3.8) is 0 Å². The molecular formula is C29H33F2N3O5S2. The van der Waals surface area contributed by atoms with Crippen molar-refractivity contribution in [3.05, 3.63) is 92.9 Å². The lowest BCUT2D eigenvalue weighted by Crippen LogP contribution is -2.42. The summed E-state index contributed by atoms with van der Waals surface area (Å²) in [4.78, 5) is 26.3. The van der Waals surface area contributed by atoms with Crippen LogP contribution in [-0.4, -0.2) is 28.1 Å². The Morgan fingerprint density at radius 1 is 1.10 bits per heavy atom. The van der Waals surface area contributed by atoms with Gasteiger partial charge >= 0.3 is 0 Å². The number of nitrogens with zero attached hydrogens (tertiary/aromatic N) is 1. The van der Waals surface area contributed by atoms with Crippen LogP contribution < -0.4 is 15.0 Å². The van der Waals surface area contributed by atoms with Crippen LogP contribution in [0.1, 0.15) is 79.7 Å². The van der Waals surface area contributed by atoms with Gasteiger partial charge in [0.25, 0.3) is 5.56 Å². The quantitative estimate of drug-likeness (QED) is 0.181. The monoisotopic (exact) mass is 605 g/mol. The molecule has 0 bridgehead atoms. The molecule has 0 radical (unpaired) electrons. The maximum atomic E-state index is 15.9. The Morgan fingerprint density at radius 2 is 1.73 bits per heavy atom. The third kappa shape index (κ3) is 7.12. The summed E-state index contributed by atoms with van der Waals surface area (Å²) in [5.41, 5.74) is 0.719. The van der Waals surface area contributed by atoms with E-state index >= 15 is 4.39 Å². The number of hydrogen-bond donors (Lipinski definition) is 3. The van der Waals surface area contributed by atoms with E-state index in [2.05, 4.69) is 9.44 Å². The zero-order valence-electron chi connectivity index (χ0n) is 23.4. The molecule has 3 atom stereocenters. The Hall–Kier alpha value is -2.90. The lowest BCUT2D eigenvalue weighted by molar-refractivity contribution is 0.103. The van der Waals surface area contributed by atoms with Gasteiger partial charge in [0.15, 0.2) is 5.78 Å². The second-order valence-corrected chi connectivity index (χ2v) is 14.0. The van der Waals surface area contributed by atoms with Crippen LogP contribution in [0.2, 0.25) is 0 Å². The summed E-state index contributed by atoms with van der Waals surface area (Å²) in [7, 11) is -1.53. The summed E-state index contributed by atoms with van der Waals surface area (Å²) in [6.07, 6.45) is 3.28. The number of thiol groups is 1. The number of halogens is 2. The minimum Gasteiger partial charge on any atom is -0.598 e. The normalized spacial score (nSPS) is 16.0. The van der Waals surface area contributed by atoms with Crippen LogP contribution in [0.3, 0.4) is 0 Å². The average Bonchev–Trinajstić information content (AvgIpc) is 3.73. The van der Waals surface area contributed by atoms with Crippen molar-refractivity contribution in [2.45, 2.75) is 57.4 Å². The largest absolute Gasteiger partial charge is 0.598 e. The van der Waals surface area contributed by atoms with E-state index in [9.17, 15) is 27.0 Å². The van der Waals surface area contributed by atoms with E-state index in [0.29, 0.717) is 16.7 Å². The average molecular weight is 606 g/mol. The molecule has 1 aromatic heterocycles. The van der Waals surface area contributed by atoms with E-state index in [1.165, 1.54) is 41.8 Å². The van der Waals surface area contributed by atoms with Gasteiger partial charge in [-0.15, -0.1) is 4.72 Å². The Morgan fingerprint density at radius 3 is 2.29 bits per heavy atom. The lowest BCUT2D eigenvalue weighted by Gasteiger charge is -2.29. The number of pyridine rings is 1. The first-order chi connectivity index (χ1) is 19.2. The van der Waals surface area contributed by atoms with Gasteiger partial charge in [-0.05, 0) is 94.0 Å². The van der Waals surface area contributed by atoms with Gasteiger partial charge in [0.2, 0.25) is 10.9 Å². The summed E-state index contributed by atoms with van der Waals surface area (Å²) in [5, 5.41) is 0. The van der Waals surface area contributed by atoms with Gasteiger partial charge < -0.3 is 9.12 Å². The molecule has 0 amide bonds. The van der Waals surface area contributed by atoms with Crippen LogP contribution in [-0.2, 0) is 29.3 Å². The van der Waals surface area contributed by atoms with Gasteiger partial charge in [0.05, 0.1) is 11.6 Å². The second kappa shape index (κ2) is 12.1. The third-order valence-corrected chi connectivity index (χ3v) is 9.19. The van der Waals surface area contributed by atoms with E-state index in [1.807, 2.05) is 20.8 Å². The third-order valence-electron chi connectivity index (χ3n) is 7.01. The highest BCUT2D eigenvalue weighted by atomic mass is 32.2. The molecule has 41 heavy (non-hydrogen) atoms. The van der Waals surface area contributed by atoms with Crippen molar-refractivity contribution in [3.8, 4) is 11.1 Å².